The van der Waals surface area contributed by atoms with Gasteiger partial charge >= 0.3 is 0 Å². The van der Waals surface area contributed by atoms with E-state index in [1.165, 1.54) is 0 Å². The molecule has 0 saturated carbocycles. The summed E-state index contributed by atoms with van der Waals surface area (Å²) in [7, 11) is 5.23. The Balaban J connectivity index is 2.83. The molecule has 0 aliphatic carbocycles. The number of methoxy groups -OCH3 is 1. The lowest BCUT2D eigenvalue weighted by atomic mass is 10.1. The van der Waals surface area contributed by atoms with Gasteiger partial charge in [0.1, 0.15) is 0 Å². The smallest absolute Gasteiger partial charge is 0.253 e. The Morgan fingerprint density at radius 3 is 2.62 bits per heavy atom. The van der Waals surface area contributed by atoms with Crippen molar-refractivity contribution in [1.82, 2.24) is 10.2 Å². The van der Waals surface area contributed by atoms with Crippen LogP contribution in [0.4, 0.5) is 0 Å². The Morgan fingerprint density at radius 1 is 1.33 bits per heavy atom. The zero-order chi connectivity index (χ0) is 15.8. The number of rotatable bonds is 8. The van der Waals surface area contributed by atoms with Gasteiger partial charge in [-0.15, -0.1) is 0 Å². The van der Waals surface area contributed by atoms with Gasteiger partial charge in [-0.1, -0.05) is 13.8 Å². The average Bonchev–Trinajstić information content (AvgIpc) is 2.49. The summed E-state index contributed by atoms with van der Waals surface area (Å²) < 4.78 is 11.0. The molecule has 0 fully saturated rings. The van der Waals surface area contributed by atoms with Crippen molar-refractivity contribution in [2.45, 2.75) is 13.8 Å². The van der Waals surface area contributed by atoms with E-state index < -0.39 is 0 Å². The molecule has 118 valence electrons. The van der Waals surface area contributed by atoms with Crippen LogP contribution in [0.25, 0.3) is 0 Å². The van der Waals surface area contributed by atoms with Crippen LogP contribution in [0.5, 0.6) is 11.5 Å². The molecule has 0 aliphatic rings. The molecule has 0 heterocycles. The summed E-state index contributed by atoms with van der Waals surface area (Å²) in [5.74, 6) is 1.66. The highest BCUT2D eigenvalue weighted by Gasteiger charge is 2.14. The SMILES string of the molecule is CNCCN(C)C(=O)c1ccc(OCC(C)C)c(OC)c1. The molecular weight excluding hydrogens is 268 g/mol. The molecule has 21 heavy (non-hydrogen) atoms. The number of nitrogens with zero attached hydrogens (tertiary/aromatic N) is 1. The zero-order valence-corrected chi connectivity index (χ0v) is 13.6. The van der Waals surface area contributed by atoms with Gasteiger partial charge in [0.15, 0.2) is 11.5 Å². The van der Waals surface area contributed by atoms with Crippen LogP contribution in [0, 0.1) is 5.92 Å². The quantitative estimate of drug-likeness (QED) is 0.797. The van der Waals surface area contributed by atoms with E-state index in [1.54, 1.807) is 37.3 Å². The summed E-state index contributed by atoms with van der Waals surface area (Å²) >= 11 is 0. The van der Waals surface area contributed by atoms with Crippen molar-refractivity contribution in [3.05, 3.63) is 23.8 Å². The summed E-state index contributed by atoms with van der Waals surface area (Å²) in [5, 5.41) is 3.03. The molecule has 0 radical (unpaired) electrons. The summed E-state index contributed by atoms with van der Waals surface area (Å²) in [6, 6.07) is 5.30. The van der Waals surface area contributed by atoms with Gasteiger partial charge in [-0.25, -0.2) is 0 Å². The summed E-state index contributed by atoms with van der Waals surface area (Å²) in [6.45, 7) is 6.20. The maximum Gasteiger partial charge on any atom is 0.253 e. The van der Waals surface area contributed by atoms with E-state index >= 15 is 0 Å². The van der Waals surface area contributed by atoms with Gasteiger partial charge in [-0.3, -0.25) is 4.79 Å². The molecule has 1 rings (SSSR count). The van der Waals surface area contributed by atoms with Crippen molar-refractivity contribution in [2.75, 3.05) is 40.9 Å². The zero-order valence-electron chi connectivity index (χ0n) is 13.6. The van der Waals surface area contributed by atoms with E-state index in [0.717, 1.165) is 6.54 Å². The van der Waals surface area contributed by atoms with Crippen LogP contribution in [0.3, 0.4) is 0 Å². The average molecular weight is 294 g/mol. The van der Waals surface area contributed by atoms with Crippen LogP contribution in [0.15, 0.2) is 18.2 Å². The number of hydrogen-bond acceptors (Lipinski definition) is 4. The summed E-state index contributed by atoms with van der Waals surface area (Å²) in [4.78, 5) is 14.0. The Morgan fingerprint density at radius 2 is 2.05 bits per heavy atom. The minimum Gasteiger partial charge on any atom is -0.493 e. The molecule has 0 saturated heterocycles. The van der Waals surface area contributed by atoms with Crippen LogP contribution in [0.1, 0.15) is 24.2 Å². The van der Waals surface area contributed by atoms with Crippen molar-refractivity contribution < 1.29 is 14.3 Å². The second-order valence-electron chi connectivity index (χ2n) is 5.40. The van der Waals surface area contributed by atoms with Gasteiger partial charge in [0, 0.05) is 25.7 Å². The predicted molar refractivity (Wildman–Crippen MR) is 84.2 cm³/mol. The van der Waals surface area contributed by atoms with Crippen molar-refractivity contribution >= 4 is 5.91 Å². The number of hydrogen-bond donors (Lipinski definition) is 1. The van der Waals surface area contributed by atoms with Crippen LogP contribution < -0.4 is 14.8 Å². The summed E-state index contributed by atoms with van der Waals surface area (Å²) in [6.07, 6.45) is 0. The minimum atomic E-state index is -0.0287. The molecule has 5 nitrogen and oxygen atoms in total. The van der Waals surface area contributed by atoms with E-state index in [2.05, 4.69) is 19.2 Å². The lowest BCUT2D eigenvalue weighted by Crippen LogP contribution is -2.32. The number of carbonyl (C=O) groups excluding carboxylic acids is 1. The molecule has 0 unspecified atom stereocenters. The molecule has 0 aliphatic heterocycles. The van der Waals surface area contributed by atoms with Crippen molar-refractivity contribution in [1.29, 1.82) is 0 Å². The first-order chi connectivity index (χ1) is 9.99. The van der Waals surface area contributed by atoms with E-state index in [0.29, 0.717) is 36.1 Å². The molecule has 1 aromatic rings. The largest absolute Gasteiger partial charge is 0.493 e. The van der Waals surface area contributed by atoms with Gasteiger partial charge in [0.2, 0.25) is 0 Å². The van der Waals surface area contributed by atoms with Gasteiger partial charge in [0.05, 0.1) is 13.7 Å². The third kappa shape index (κ3) is 5.27. The van der Waals surface area contributed by atoms with Gasteiger partial charge in [-0.05, 0) is 31.2 Å². The molecule has 0 atom stereocenters. The van der Waals surface area contributed by atoms with E-state index in [-0.39, 0.29) is 5.91 Å². The van der Waals surface area contributed by atoms with E-state index in [9.17, 15) is 4.79 Å². The van der Waals surface area contributed by atoms with Gasteiger partial charge in [0.25, 0.3) is 5.91 Å². The second kappa shape index (κ2) is 8.52. The predicted octanol–water partition coefficient (Wildman–Crippen LogP) is 2.02. The molecule has 0 bridgehead atoms. The fourth-order valence-electron chi connectivity index (χ4n) is 1.78. The van der Waals surface area contributed by atoms with Crippen LogP contribution in [0.2, 0.25) is 0 Å². The van der Waals surface area contributed by atoms with Crippen molar-refractivity contribution in [3.63, 3.8) is 0 Å². The Hall–Kier alpha value is -1.75. The Labute approximate surface area is 127 Å². The van der Waals surface area contributed by atoms with E-state index in [4.69, 9.17) is 9.47 Å². The van der Waals surface area contributed by atoms with Crippen molar-refractivity contribution in [2.24, 2.45) is 5.92 Å². The first-order valence-corrected chi connectivity index (χ1v) is 7.20. The number of carbonyl (C=O) groups is 1. The highest BCUT2D eigenvalue weighted by atomic mass is 16.5. The number of benzene rings is 1. The highest BCUT2D eigenvalue weighted by Crippen LogP contribution is 2.28. The van der Waals surface area contributed by atoms with Gasteiger partial charge in [-0.2, -0.15) is 0 Å². The molecular formula is C16H26N2O3. The lowest BCUT2D eigenvalue weighted by molar-refractivity contribution is 0.0796. The van der Waals surface area contributed by atoms with Gasteiger partial charge < -0.3 is 19.7 Å². The number of amides is 1. The molecule has 1 aromatic carbocycles. The first-order valence-electron chi connectivity index (χ1n) is 7.20. The maximum atomic E-state index is 12.3. The fourth-order valence-corrected chi connectivity index (χ4v) is 1.78. The Bertz CT molecular complexity index is 461. The van der Waals surface area contributed by atoms with Crippen molar-refractivity contribution in [3.8, 4) is 11.5 Å². The number of likely N-dealkylation sites (N-methyl/N-ethyl adjacent to an activating group) is 2. The molecule has 0 aromatic heterocycles. The second-order valence-corrected chi connectivity index (χ2v) is 5.40. The third-order valence-corrected chi connectivity index (χ3v) is 3.03. The minimum absolute atomic E-state index is 0.0287. The molecule has 1 N–H and O–H groups in total. The lowest BCUT2D eigenvalue weighted by Gasteiger charge is -2.18. The number of nitrogens with one attached hydrogen (secondary N) is 1. The molecule has 0 spiro atoms. The highest BCUT2D eigenvalue weighted by molar-refractivity contribution is 5.94. The van der Waals surface area contributed by atoms with Crippen LogP contribution in [-0.4, -0.2) is 51.7 Å². The Kier molecular flexibility index (Phi) is 7.02. The molecule has 5 heteroatoms. The topological polar surface area (TPSA) is 50.8 Å². The number of ether oxygens (including phenoxy) is 2. The molecule has 1 amide bonds. The monoisotopic (exact) mass is 294 g/mol. The van der Waals surface area contributed by atoms with Crippen LogP contribution >= 0.6 is 0 Å². The standard InChI is InChI=1S/C16H26N2O3/c1-12(2)11-21-14-7-6-13(10-15(14)20-5)16(19)18(4)9-8-17-3/h6-7,10,12,17H,8-9,11H2,1-5H3. The fraction of sp³-hybridized carbons (Fsp3) is 0.562. The first kappa shape index (κ1) is 17.3. The normalized spacial score (nSPS) is 10.6. The third-order valence-electron chi connectivity index (χ3n) is 3.03. The van der Waals surface area contributed by atoms with Crippen LogP contribution in [-0.2, 0) is 0 Å². The maximum absolute atomic E-state index is 12.3. The van der Waals surface area contributed by atoms with E-state index in [1.807, 2.05) is 7.05 Å². The summed E-state index contributed by atoms with van der Waals surface area (Å²) in [5.41, 5.74) is 0.599.